The van der Waals surface area contributed by atoms with Crippen molar-refractivity contribution in [2.24, 2.45) is 0 Å². The molecule has 1 aromatic carbocycles. The zero-order valence-corrected chi connectivity index (χ0v) is 11.6. The van der Waals surface area contributed by atoms with E-state index in [0.717, 1.165) is 29.4 Å². The normalized spacial score (nSPS) is 13.9. The van der Waals surface area contributed by atoms with Crippen LogP contribution in [0, 0.1) is 11.3 Å². The highest BCUT2D eigenvalue weighted by Crippen LogP contribution is 2.25. The van der Waals surface area contributed by atoms with Gasteiger partial charge in [-0.2, -0.15) is 10.4 Å². The van der Waals surface area contributed by atoms with Crippen LogP contribution in [0.5, 0.6) is 0 Å². The van der Waals surface area contributed by atoms with Gasteiger partial charge in [-0.1, -0.05) is 18.2 Å². The van der Waals surface area contributed by atoms with Gasteiger partial charge in [-0.3, -0.25) is 0 Å². The van der Waals surface area contributed by atoms with Gasteiger partial charge in [0.05, 0.1) is 17.3 Å². The first-order valence-corrected chi connectivity index (χ1v) is 7.23. The number of fused-ring (bicyclic) bond motifs is 2. The van der Waals surface area contributed by atoms with Crippen LogP contribution in [0.2, 0.25) is 0 Å². The molecule has 0 unspecified atom stereocenters. The lowest BCUT2D eigenvalue weighted by molar-refractivity contribution is 0.662. The molecule has 0 aliphatic heterocycles. The maximum Gasteiger partial charge on any atom is 0.172 e. The van der Waals surface area contributed by atoms with E-state index in [1.54, 1.807) is 4.68 Å². The molecule has 102 valence electrons. The van der Waals surface area contributed by atoms with Crippen molar-refractivity contribution in [1.29, 1.82) is 5.26 Å². The van der Waals surface area contributed by atoms with E-state index in [0.29, 0.717) is 11.4 Å². The number of nitriles is 1. The number of rotatable bonds is 1. The highest BCUT2D eigenvalue weighted by atomic mass is 15.3. The van der Waals surface area contributed by atoms with E-state index in [1.165, 1.54) is 18.4 Å². The van der Waals surface area contributed by atoms with Gasteiger partial charge >= 0.3 is 0 Å². The molecule has 0 bridgehead atoms. The van der Waals surface area contributed by atoms with E-state index in [9.17, 15) is 5.26 Å². The van der Waals surface area contributed by atoms with E-state index >= 15 is 0 Å². The first-order chi connectivity index (χ1) is 10.4. The van der Waals surface area contributed by atoms with Gasteiger partial charge in [0.25, 0.3) is 0 Å². The van der Waals surface area contributed by atoms with Gasteiger partial charge in [-0.25, -0.2) is 9.67 Å². The quantitative estimate of drug-likeness (QED) is 0.685. The Morgan fingerprint density at radius 1 is 1.14 bits per heavy atom. The summed E-state index contributed by atoms with van der Waals surface area (Å²) in [4.78, 5) is 4.75. The summed E-state index contributed by atoms with van der Waals surface area (Å²) in [5, 5.41) is 14.9. The van der Waals surface area contributed by atoms with Crippen molar-refractivity contribution in [3.8, 4) is 11.9 Å². The number of aromatic nitrogens is 3. The van der Waals surface area contributed by atoms with Crippen LogP contribution in [0.25, 0.3) is 16.7 Å². The number of aryl methyl sites for hydroxylation is 2. The number of hydrogen-bond acceptors (Lipinski definition) is 3. The Bertz CT molecular complexity index is 870. The third kappa shape index (κ3) is 1.90. The standard InChI is InChI=1S/C17H14N4/c18-10-14-9-12-5-1-3-7-15(12)20-17(14)21-16-8-4-2-6-13(16)11-19-21/h2,4,6,8-9,11H,1,3,5,7H2. The molecule has 0 N–H and O–H groups in total. The smallest absolute Gasteiger partial charge is 0.172 e. The second kappa shape index (κ2) is 4.71. The van der Waals surface area contributed by atoms with Crippen molar-refractivity contribution < 1.29 is 0 Å². The van der Waals surface area contributed by atoms with Crippen LogP contribution in [0.4, 0.5) is 0 Å². The molecular formula is C17H14N4. The van der Waals surface area contributed by atoms with Crippen molar-refractivity contribution in [3.63, 3.8) is 0 Å². The molecule has 4 nitrogen and oxygen atoms in total. The van der Waals surface area contributed by atoms with Gasteiger partial charge in [-0.15, -0.1) is 0 Å². The molecule has 0 amide bonds. The van der Waals surface area contributed by atoms with Gasteiger partial charge < -0.3 is 0 Å². The lowest BCUT2D eigenvalue weighted by Crippen LogP contribution is -2.11. The van der Waals surface area contributed by atoms with Gasteiger partial charge in [0.2, 0.25) is 0 Å². The number of benzene rings is 1. The van der Waals surface area contributed by atoms with E-state index < -0.39 is 0 Å². The van der Waals surface area contributed by atoms with Gasteiger partial charge in [0, 0.05) is 11.1 Å². The van der Waals surface area contributed by atoms with Crippen molar-refractivity contribution in [2.45, 2.75) is 25.7 Å². The van der Waals surface area contributed by atoms with Crippen LogP contribution in [0.1, 0.15) is 29.7 Å². The molecule has 0 fully saturated rings. The number of hydrogen-bond donors (Lipinski definition) is 0. The summed E-state index contributed by atoms with van der Waals surface area (Å²) in [6.45, 7) is 0. The molecule has 0 saturated carbocycles. The summed E-state index contributed by atoms with van der Waals surface area (Å²) < 4.78 is 1.78. The van der Waals surface area contributed by atoms with Crippen LogP contribution in [-0.2, 0) is 12.8 Å². The molecule has 0 spiro atoms. The zero-order chi connectivity index (χ0) is 14.2. The predicted molar refractivity (Wildman–Crippen MR) is 80.2 cm³/mol. The molecule has 2 aromatic heterocycles. The molecule has 0 saturated heterocycles. The van der Waals surface area contributed by atoms with Crippen molar-refractivity contribution in [1.82, 2.24) is 14.8 Å². The number of para-hydroxylation sites is 1. The summed E-state index contributed by atoms with van der Waals surface area (Å²) in [5.41, 5.74) is 3.93. The van der Waals surface area contributed by atoms with Gasteiger partial charge in [0.15, 0.2) is 5.82 Å². The summed E-state index contributed by atoms with van der Waals surface area (Å²) in [5.74, 6) is 0.652. The lowest BCUT2D eigenvalue weighted by atomic mass is 9.95. The fraction of sp³-hybridized carbons (Fsp3) is 0.235. The number of nitrogens with zero attached hydrogens (tertiary/aromatic N) is 4. The molecular weight excluding hydrogens is 260 g/mol. The Kier molecular flexibility index (Phi) is 2.71. The third-order valence-corrected chi connectivity index (χ3v) is 4.08. The first-order valence-electron chi connectivity index (χ1n) is 7.23. The van der Waals surface area contributed by atoms with E-state index in [4.69, 9.17) is 4.98 Å². The largest absolute Gasteiger partial charge is 0.232 e. The monoisotopic (exact) mass is 274 g/mol. The molecule has 4 rings (SSSR count). The number of pyridine rings is 1. The average Bonchev–Trinajstić information content (AvgIpc) is 2.97. The lowest BCUT2D eigenvalue weighted by Gasteiger charge is -2.16. The Hall–Kier alpha value is -2.67. The fourth-order valence-electron chi connectivity index (χ4n) is 3.01. The molecule has 1 aliphatic rings. The van der Waals surface area contributed by atoms with E-state index in [-0.39, 0.29) is 0 Å². The molecule has 21 heavy (non-hydrogen) atoms. The maximum absolute atomic E-state index is 9.46. The van der Waals surface area contributed by atoms with Crippen molar-refractivity contribution >= 4 is 10.9 Å². The highest BCUT2D eigenvalue weighted by molar-refractivity contribution is 5.80. The minimum absolute atomic E-state index is 0.601. The highest BCUT2D eigenvalue weighted by Gasteiger charge is 2.17. The Morgan fingerprint density at radius 3 is 2.90 bits per heavy atom. The Morgan fingerprint density at radius 2 is 2.00 bits per heavy atom. The van der Waals surface area contributed by atoms with Gasteiger partial charge in [-0.05, 0) is 43.4 Å². The summed E-state index contributed by atoms with van der Waals surface area (Å²) in [6.07, 6.45) is 6.19. The van der Waals surface area contributed by atoms with Crippen LogP contribution in [0.15, 0.2) is 36.5 Å². The maximum atomic E-state index is 9.46. The topological polar surface area (TPSA) is 54.5 Å². The summed E-state index contributed by atoms with van der Waals surface area (Å²) >= 11 is 0. The average molecular weight is 274 g/mol. The van der Waals surface area contributed by atoms with Gasteiger partial charge in [0.1, 0.15) is 6.07 Å². The Labute approximate surface area is 122 Å². The van der Waals surface area contributed by atoms with Crippen LogP contribution >= 0.6 is 0 Å². The van der Waals surface area contributed by atoms with Crippen molar-refractivity contribution in [2.75, 3.05) is 0 Å². The second-order valence-electron chi connectivity index (χ2n) is 5.40. The molecule has 1 aliphatic carbocycles. The minimum Gasteiger partial charge on any atom is -0.232 e. The van der Waals surface area contributed by atoms with Crippen LogP contribution in [0.3, 0.4) is 0 Å². The third-order valence-electron chi connectivity index (χ3n) is 4.08. The predicted octanol–water partition coefficient (Wildman–Crippen LogP) is 3.17. The fourth-order valence-corrected chi connectivity index (χ4v) is 3.01. The van der Waals surface area contributed by atoms with E-state index in [2.05, 4.69) is 11.2 Å². The summed E-state index contributed by atoms with van der Waals surface area (Å²) in [7, 11) is 0. The SMILES string of the molecule is N#Cc1cc2c(nc1-n1ncc3ccccc31)CCCC2. The van der Waals surface area contributed by atoms with Crippen LogP contribution in [-0.4, -0.2) is 14.8 Å². The minimum atomic E-state index is 0.601. The molecule has 0 atom stereocenters. The molecule has 0 radical (unpaired) electrons. The molecule has 3 aromatic rings. The first kappa shape index (κ1) is 12.1. The van der Waals surface area contributed by atoms with Crippen LogP contribution < -0.4 is 0 Å². The zero-order valence-electron chi connectivity index (χ0n) is 11.6. The Balaban J connectivity index is 1.97. The second-order valence-corrected chi connectivity index (χ2v) is 5.40. The van der Waals surface area contributed by atoms with Crippen molar-refractivity contribution in [3.05, 3.63) is 53.3 Å². The summed E-state index contributed by atoms with van der Waals surface area (Å²) in [6, 6.07) is 12.3. The molecule has 2 heterocycles. The molecule has 4 heteroatoms. The van der Waals surface area contributed by atoms with E-state index in [1.807, 2.05) is 36.5 Å².